The smallest absolute Gasteiger partial charge is 0.324 e. The Kier molecular flexibility index (Phi) is 13.8. The maximum absolute atomic E-state index is 14.6. The Morgan fingerprint density at radius 3 is 2.61 bits per heavy atom. The Balaban J connectivity index is 1.27. The molecule has 0 radical (unpaired) electrons. The molecule has 2 N–H and O–H groups in total. The molecule has 6 bridgehead atoms. The SMILES string of the molecule is C=CC(=O)N1CC[C@H](C(=O)N(C)C(C(=O)N[C@H]2Cn3cc(cn3)-c3ccc4c(c3)c(c(-c3cccnc3[C@H](C)OC)n4CC)CC(C)(C)COC(=O)[C@@H]3CCCN(N3)C2=O)C(C)C)C1. The predicted octanol–water partition coefficient (Wildman–Crippen LogP) is 4.92. The van der Waals surface area contributed by atoms with Gasteiger partial charge in [0.05, 0.1) is 42.8 Å². The van der Waals surface area contributed by atoms with Gasteiger partial charge in [0, 0.05) is 80.2 Å². The molecule has 16 nitrogen and oxygen atoms in total. The quantitative estimate of drug-likeness (QED) is 0.165. The van der Waals surface area contributed by atoms with Gasteiger partial charge in [-0.2, -0.15) is 5.10 Å². The highest BCUT2D eigenvalue weighted by Gasteiger charge is 2.40. The van der Waals surface area contributed by atoms with Gasteiger partial charge in [-0.25, -0.2) is 5.43 Å². The highest BCUT2D eigenvalue weighted by Crippen LogP contribution is 2.42. The zero-order valence-corrected chi connectivity index (χ0v) is 38.4. The van der Waals surface area contributed by atoms with Crippen LogP contribution in [-0.4, -0.2) is 122 Å². The molecule has 4 amide bonds. The lowest BCUT2D eigenvalue weighted by Crippen LogP contribution is -2.62. The number of aromatic nitrogens is 4. The number of nitrogens with zero attached hydrogens (tertiary/aromatic N) is 7. The summed E-state index contributed by atoms with van der Waals surface area (Å²) in [4.78, 5) is 76.8. The summed E-state index contributed by atoms with van der Waals surface area (Å²) in [7, 11) is 3.27. The van der Waals surface area contributed by atoms with Crippen molar-refractivity contribution in [2.24, 2.45) is 17.3 Å². The average molecular weight is 878 g/mol. The summed E-state index contributed by atoms with van der Waals surface area (Å²) in [5.41, 5.74) is 9.32. The molecule has 342 valence electrons. The van der Waals surface area contributed by atoms with Gasteiger partial charge in [-0.3, -0.25) is 38.6 Å². The Morgan fingerprint density at radius 2 is 1.89 bits per heavy atom. The molecule has 3 aliphatic heterocycles. The van der Waals surface area contributed by atoms with Crippen molar-refractivity contribution in [3.63, 3.8) is 0 Å². The first-order chi connectivity index (χ1) is 30.5. The molecular formula is C48H63N9O7. The number of hydrazine groups is 1. The molecule has 0 saturated carbocycles. The third-order valence-electron chi connectivity index (χ3n) is 13.0. The number of amides is 4. The second kappa shape index (κ2) is 19.1. The monoisotopic (exact) mass is 877 g/mol. The zero-order chi connectivity index (χ0) is 46.0. The zero-order valence-electron chi connectivity index (χ0n) is 38.4. The van der Waals surface area contributed by atoms with Crippen LogP contribution < -0.4 is 10.7 Å². The summed E-state index contributed by atoms with van der Waals surface area (Å²) in [6.45, 7) is 17.3. The fraction of sp³-hybridized carbons (Fsp3) is 0.521. The number of carbonyl (C=O) groups excluding carboxylic acids is 5. The van der Waals surface area contributed by atoms with E-state index < -0.39 is 47.2 Å². The van der Waals surface area contributed by atoms with E-state index in [1.165, 1.54) is 16.0 Å². The van der Waals surface area contributed by atoms with Crippen LogP contribution in [0.1, 0.15) is 78.2 Å². The van der Waals surface area contributed by atoms with E-state index in [1.54, 1.807) is 36.1 Å². The van der Waals surface area contributed by atoms with Gasteiger partial charge in [0.15, 0.2) is 0 Å². The second-order valence-corrected chi connectivity index (χ2v) is 18.5. The molecule has 5 atom stereocenters. The maximum atomic E-state index is 14.6. The van der Waals surface area contributed by atoms with Gasteiger partial charge in [0.2, 0.25) is 17.7 Å². The van der Waals surface area contributed by atoms with Crippen molar-refractivity contribution < 1.29 is 33.4 Å². The van der Waals surface area contributed by atoms with Crippen molar-refractivity contribution in [2.45, 2.75) is 105 Å². The number of carbonyl (C=O) groups is 5. The normalized spacial score (nSPS) is 21.3. The lowest BCUT2D eigenvalue weighted by molar-refractivity contribution is -0.155. The van der Waals surface area contributed by atoms with Crippen LogP contribution in [0.4, 0.5) is 0 Å². The molecule has 0 spiro atoms. The molecule has 64 heavy (non-hydrogen) atoms. The number of hydrogen-bond acceptors (Lipinski definition) is 10. The van der Waals surface area contributed by atoms with E-state index >= 15 is 0 Å². The molecule has 2 fully saturated rings. The summed E-state index contributed by atoms with van der Waals surface area (Å²) in [6.07, 6.45) is 8.42. The number of likely N-dealkylation sites (N-methyl/N-ethyl adjacent to an activating group) is 1. The maximum Gasteiger partial charge on any atom is 0.324 e. The molecule has 3 aromatic heterocycles. The van der Waals surface area contributed by atoms with Gasteiger partial charge in [0.25, 0.3) is 5.91 Å². The van der Waals surface area contributed by atoms with Crippen LogP contribution in [0.5, 0.6) is 0 Å². The van der Waals surface area contributed by atoms with Crippen molar-refractivity contribution in [2.75, 3.05) is 40.4 Å². The number of hydrogen-bond donors (Lipinski definition) is 2. The van der Waals surface area contributed by atoms with Gasteiger partial charge >= 0.3 is 5.97 Å². The standard InChI is InChI=1S/C48H63N9O7/c1-10-40(58)54-21-18-32(25-54)45(60)53(8)42(29(3)4)44(59)51-38-27-55-26-33(24-50-55)31-16-17-39-35(22-31)36(43(56(39)11-2)34-14-12-19-49-41(34)30(5)63-9)23-48(6,7)28-64-47(62)37-15-13-20-57(52-37)46(38)61/h10,12,14,16-17,19,22,24,26,29-30,32,37-38,42,52H,1,11,13,15,18,20-21,23,25,27-28H2,2-9H3,(H,51,59)/t30-,32-,37-,38-,42?/m0/s1. The lowest BCUT2D eigenvalue weighted by Gasteiger charge is -2.37. The highest BCUT2D eigenvalue weighted by molar-refractivity contribution is 5.96. The number of cyclic esters (lactones) is 1. The number of likely N-dealkylation sites (tertiary alicyclic amines) is 1. The van der Waals surface area contributed by atoms with Crippen LogP contribution in [0, 0.1) is 17.3 Å². The molecule has 1 unspecified atom stereocenters. The number of nitrogens with one attached hydrogen (secondary N) is 2. The van der Waals surface area contributed by atoms with Gasteiger partial charge in [-0.15, -0.1) is 0 Å². The number of fused-ring (bicyclic) bond motifs is 6. The van der Waals surface area contributed by atoms with Crippen molar-refractivity contribution >= 4 is 40.5 Å². The van der Waals surface area contributed by atoms with Crippen LogP contribution >= 0.6 is 0 Å². The van der Waals surface area contributed by atoms with Crippen LogP contribution in [0.25, 0.3) is 33.3 Å². The largest absolute Gasteiger partial charge is 0.464 e. The molecule has 2 saturated heterocycles. The van der Waals surface area contributed by atoms with E-state index in [4.69, 9.17) is 19.6 Å². The van der Waals surface area contributed by atoms with E-state index in [1.807, 2.05) is 33.0 Å². The summed E-state index contributed by atoms with van der Waals surface area (Å²) < 4.78 is 15.8. The fourth-order valence-electron chi connectivity index (χ4n) is 9.56. The average Bonchev–Trinajstić information content (AvgIpc) is 4.05. The van der Waals surface area contributed by atoms with Crippen LogP contribution in [-0.2, 0) is 53.0 Å². The van der Waals surface area contributed by atoms with Gasteiger partial charge in [-0.05, 0) is 86.9 Å². The fourth-order valence-corrected chi connectivity index (χ4v) is 9.56. The molecule has 1 aromatic carbocycles. The van der Waals surface area contributed by atoms with E-state index in [-0.39, 0.29) is 43.5 Å². The lowest BCUT2D eigenvalue weighted by atomic mass is 9.84. The Hall–Kier alpha value is -5.87. The van der Waals surface area contributed by atoms with Crippen LogP contribution in [0.3, 0.4) is 0 Å². The Labute approximate surface area is 375 Å². The summed E-state index contributed by atoms with van der Waals surface area (Å²) in [6, 6.07) is 7.55. The first-order valence-electron chi connectivity index (χ1n) is 22.4. The minimum Gasteiger partial charge on any atom is -0.464 e. The molecule has 16 heteroatoms. The van der Waals surface area contributed by atoms with Crippen molar-refractivity contribution in [3.8, 4) is 22.4 Å². The minimum absolute atomic E-state index is 0.0267. The summed E-state index contributed by atoms with van der Waals surface area (Å²) in [5, 5.41) is 10.1. The molecule has 6 heterocycles. The number of esters is 1. The molecule has 7 rings (SSSR count). The third kappa shape index (κ3) is 9.34. The van der Waals surface area contributed by atoms with Gasteiger partial charge in [0.1, 0.15) is 18.1 Å². The number of rotatable bonds is 10. The topological polar surface area (TPSA) is 173 Å². The number of benzene rings is 1. The summed E-state index contributed by atoms with van der Waals surface area (Å²) in [5.74, 6) is -2.71. The molecular weight excluding hydrogens is 815 g/mol. The summed E-state index contributed by atoms with van der Waals surface area (Å²) >= 11 is 0. The van der Waals surface area contributed by atoms with Gasteiger partial charge < -0.3 is 29.2 Å². The number of aryl methyl sites for hydroxylation is 1. The Bertz CT molecular complexity index is 2420. The first-order valence-corrected chi connectivity index (χ1v) is 22.4. The number of pyridine rings is 1. The third-order valence-corrected chi connectivity index (χ3v) is 13.0. The van der Waals surface area contributed by atoms with E-state index in [0.29, 0.717) is 45.3 Å². The predicted molar refractivity (Wildman–Crippen MR) is 242 cm³/mol. The van der Waals surface area contributed by atoms with Gasteiger partial charge in [-0.1, -0.05) is 40.3 Å². The van der Waals surface area contributed by atoms with E-state index in [0.717, 1.165) is 44.5 Å². The first kappa shape index (κ1) is 46.1. The number of ether oxygens (including phenoxy) is 2. The van der Waals surface area contributed by atoms with Crippen molar-refractivity contribution in [1.82, 2.24) is 44.9 Å². The van der Waals surface area contributed by atoms with E-state index in [2.05, 4.69) is 66.9 Å². The van der Waals surface area contributed by atoms with Crippen LogP contribution in [0.2, 0.25) is 0 Å². The molecule has 3 aliphatic rings. The Morgan fingerprint density at radius 1 is 1.11 bits per heavy atom. The van der Waals surface area contributed by atoms with Crippen molar-refractivity contribution in [3.05, 3.63) is 72.8 Å². The van der Waals surface area contributed by atoms with Crippen molar-refractivity contribution in [1.29, 1.82) is 0 Å². The number of methoxy groups -OCH3 is 1. The van der Waals surface area contributed by atoms with E-state index in [9.17, 15) is 24.0 Å². The highest BCUT2D eigenvalue weighted by atomic mass is 16.5. The molecule has 4 aromatic rings. The van der Waals surface area contributed by atoms with Crippen LogP contribution in [0.15, 0.2) is 61.6 Å². The molecule has 0 aliphatic carbocycles. The minimum atomic E-state index is -1.13. The second-order valence-electron chi connectivity index (χ2n) is 18.5.